The number of ether oxygens (including phenoxy) is 2. The third kappa shape index (κ3) is 4.29. The number of fused-ring (bicyclic) bond motifs is 1. The van der Waals surface area contributed by atoms with Crippen LogP contribution < -0.4 is 19.7 Å². The normalized spacial score (nSPS) is 13.0. The zero-order valence-electron chi connectivity index (χ0n) is 17.2. The molecule has 0 aliphatic carbocycles. The van der Waals surface area contributed by atoms with Crippen LogP contribution in [-0.2, 0) is 12.6 Å². The molecule has 0 fully saturated rings. The molecule has 166 valence electrons. The van der Waals surface area contributed by atoms with Crippen LogP contribution in [0.1, 0.15) is 16.8 Å². The van der Waals surface area contributed by atoms with Gasteiger partial charge >= 0.3 is 12.2 Å². The van der Waals surface area contributed by atoms with Crippen LogP contribution in [0.4, 0.5) is 29.3 Å². The summed E-state index contributed by atoms with van der Waals surface area (Å²) >= 11 is 0. The number of aromatic nitrogens is 2. The second kappa shape index (κ2) is 8.37. The van der Waals surface area contributed by atoms with Crippen molar-refractivity contribution in [3.63, 3.8) is 0 Å². The van der Waals surface area contributed by atoms with Crippen molar-refractivity contribution in [1.29, 1.82) is 0 Å². The van der Waals surface area contributed by atoms with Gasteiger partial charge in [0.15, 0.2) is 5.75 Å². The molecular weight excluding hydrogens is 425 g/mol. The number of methoxy groups -OCH3 is 1. The standard InChI is InChI=1S/C22H19F3N4O3/c1-13-18(4-3-8-26-13)32-20-6-5-15(12-27-20)28-21(30)29-9-7-14-10-19(31-2)16(11-17(14)29)22(23,24)25/h3-6,8,10-12H,7,9H2,1-2H3,(H,28,30). The first-order chi connectivity index (χ1) is 15.3. The SMILES string of the molecule is COc1cc2c(cc1C(F)(F)F)N(C(=O)Nc1ccc(Oc3cccnc3C)nc1)CC2. The number of halogens is 3. The maximum absolute atomic E-state index is 13.4. The number of pyridine rings is 2. The lowest BCUT2D eigenvalue weighted by atomic mass is 10.1. The molecule has 2 amide bonds. The van der Waals surface area contributed by atoms with Crippen LogP contribution in [0.2, 0.25) is 0 Å². The first-order valence-electron chi connectivity index (χ1n) is 9.68. The Hall–Kier alpha value is -3.82. The van der Waals surface area contributed by atoms with E-state index in [1.165, 1.54) is 24.3 Å². The Labute approximate surface area is 181 Å². The second-order valence-corrected chi connectivity index (χ2v) is 7.08. The van der Waals surface area contributed by atoms with E-state index < -0.39 is 17.8 Å². The quantitative estimate of drug-likeness (QED) is 0.599. The van der Waals surface area contributed by atoms with Gasteiger partial charge in [-0.3, -0.25) is 9.88 Å². The van der Waals surface area contributed by atoms with E-state index in [1.807, 2.05) is 0 Å². The highest BCUT2D eigenvalue weighted by Gasteiger charge is 2.37. The maximum atomic E-state index is 13.4. The van der Waals surface area contributed by atoms with Gasteiger partial charge < -0.3 is 14.8 Å². The van der Waals surface area contributed by atoms with Crippen molar-refractivity contribution in [1.82, 2.24) is 9.97 Å². The smallest absolute Gasteiger partial charge is 0.420 e. The number of urea groups is 1. The highest BCUT2D eigenvalue weighted by molar-refractivity contribution is 6.03. The van der Waals surface area contributed by atoms with Crippen molar-refractivity contribution in [2.75, 3.05) is 23.9 Å². The molecule has 0 unspecified atom stereocenters. The molecule has 0 spiro atoms. The molecule has 0 saturated carbocycles. The molecule has 0 bridgehead atoms. The lowest BCUT2D eigenvalue weighted by Crippen LogP contribution is -2.33. The molecule has 1 aliphatic heterocycles. The zero-order valence-corrected chi connectivity index (χ0v) is 17.2. The number of nitrogens with zero attached hydrogens (tertiary/aromatic N) is 3. The van der Waals surface area contributed by atoms with Gasteiger partial charge in [0.25, 0.3) is 0 Å². The summed E-state index contributed by atoms with van der Waals surface area (Å²) in [6.07, 6.45) is -1.12. The Bertz CT molecular complexity index is 1150. The number of hydrogen-bond acceptors (Lipinski definition) is 5. The van der Waals surface area contributed by atoms with Crippen molar-refractivity contribution < 1.29 is 27.4 Å². The number of anilines is 2. The van der Waals surface area contributed by atoms with Crippen LogP contribution >= 0.6 is 0 Å². The van der Waals surface area contributed by atoms with Gasteiger partial charge in [-0.1, -0.05) is 0 Å². The van der Waals surface area contributed by atoms with E-state index in [4.69, 9.17) is 9.47 Å². The van der Waals surface area contributed by atoms with E-state index in [2.05, 4.69) is 15.3 Å². The molecule has 1 aromatic carbocycles. The Balaban J connectivity index is 1.49. The Morgan fingerprint density at radius 2 is 1.97 bits per heavy atom. The molecule has 0 atom stereocenters. The number of benzene rings is 1. The van der Waals surface area contributed by atoms with Gasteiger partial charge in [-0.2, -0.15) is 13.2 Å². The van der Waals surface area contributed by atoms with E-state index in [1.54, 1.807) is 37.4 Å². The Morgan fingerprint density at radius 1 is 1.16 bits per heavy atom. The maximum Gasteiger partial charge on any atom is 0.420 e. The van der Waals surface area contributed by atoms with Gasteiger partial charge in [0.2, 0.25) is 5.88 Å². The molecule has 0 saturated heterocycles. The summed E-state index contributed by atoms with van der Waals surface area (Å²) in [6.45, 7) is 2.05. The zero-order chi connectivity index (χ0) is 22.9. The van der Waals surface area contributed by atoms with Gasteiger partial charge in [-0.15, -0.1) is 0 Å². The largest absolute Gasteiger partial charge is 0.496 e. The number of nitrogens with one attached hydrogen (secondary N) is 1. The Morgan fingerprint density at radius 3 is 2.62 bits per heavy atom. The number of amides is 2. The summed E-state index contributed by atoms with van der Waals surface area (Å²) in [4.78, 5) is 22.3. The van der Waals surface area contributed by atoms with Crippen molar-refractivity contribution in [2.24, 2.45) is 0 Å². The fraction of sp³-hybridized carbons (Fsp3) is 0.227. The van der Waals surface area contributed by atoms with Gasteiger partial charge in [-0.05, 0) is 49.2 Å². The van der Waals surface area contributed by atoms with Crippen LogP contribution in [0.5, 0.6) is 17.4 Å². The molecule has 3 heterocycles. The fourth-order valence-corrected chi connectivity index (χ4v) is 3.41. The molecule has 1 N–H and O–H groups in total. The third-order valence-corrected chi connectivity index (χ3v) is 5.01. The molecule has 10 heteroatoms. The van der Waals surface area contributed by atoms with Crippen LogP contribution in [0.3, 0.4) is 0 Å². The van der Waals surface area contributed by atoms with Crippen LogP contribution in [-0.4, -0.2) is 29.7 Å². The third-order valence-electron chi connectivity index (χ3n) is 5.01. The fourth-order valence-electron chi connectivity index (χ4n) is 3.41. The van der Waals surface area contributed by atoms with Crippen molar-refractivity contribution in [3.05, 3.63) is 65.6 Å². The number of aryl methyl sites for hydroxylation is 1. The van der Waals surface area contributed by atoms with E-state index in [0.717, 1.165) is 6.07 Å². The Kier molecular flexibility index (Phi) is 5.60. The summed E-state index contributed by atoms with van der Waals surface area (Å²) in [5.41, 5.74) is 0.971. The molecule has 0 radical (unpaired) electrons. The topological polar surface area (TPSA) is 76.6 Å². The second-order valence-electron chi connectivity index (χ2n) is 7.08. The summed E-state index contributed by atoms with van der Waals surface area (Å²) in [5, 5.41) is 2.66. The predicted octanol–water partition coefficient (Wildman–Crippen LogP) is 5.20. The van der Waals surface area contributed by atoms with E-state index >= 15 is 0 Å². The summed E-state index contributed by atoms with van der Waals surface area (Å²) < 4.78 is 50.7. The number of hydrogen-bond donors (Lipinski definition) is 1. The molecule has 3 aromatic rings. The van der Waals surface area contributed by atoms with Crippen LogP contribution in [0.15, 0.2) is 48.8 Å². The summed E-state index contributed by atoms with van der Waals surface area (Å²) in [6, 6.07) is 8.40. The minimum atomic E-state index is -4.60. The summed E-state index contributed by atoms with van der Waals surface area (Å²) in [7, 11) is 1.19. The average molecular weight is 444 g/mol. The highest BCUT2D eigenvalue weighted by Crippen LogP contribution is 2.42. The van der Waals surface area contributed by atoms with Gasteiger partial charge in [-0.25, -0.2) is 9.78 Å². The van der Waals surface area contributed by atoms with Crippen LogP contribution in [0.25, 0.3) is 0 Å². The molecule has 7 nitrogen and oxygen atoms in total. The lowest BCUT2D eigenvalue weighted by Gasteiger charge is -2.20. The lowest BCUT2D eigenvalue weighted by molar-refractivity contribution is -0.138. The highest BCUT2D eigenvalue weighted by atomic mass is 19.4. The first kappa shape index (κ1) is 21.4. The predicted molar refractivity (Wildman–Crippen MR) is 111 cm³/mol. The van der Waals surface area contributed by atoms with E-state index in [-0.39, 0.29) is 18.0 Å². The number of rotatable bonds is 4. The minimum Gasteiger partial charge on any atom is -0.496 e. The molecule has 32 heavy (non-hydrogen) atoms. The van der Waals surface area contributed by atoms with Gasteiger partial charge in [0.05, 0.1) is 30.3 Å². The monoisotopic (exact) mass is 444 g/mol. The van der Waals surface area contributed by atoms with Crippen molar-refractivity contribution in [2.45, 2.75) is 19.5 Å². The number of carbonyl (C=O) groups excluding carboxylic acids is 1. The van der Waals surface area contributed by atoms with Gasteiger partial charge in [0.1, 0.15) is 5.75 Å². The van der Waals surface area contributed by atoms with Crippen molar-refractivity contribution >= 4 is 17.4 Å². The molecular formula is C22H19F3N4O3. The van der Waals surface area contributed by atoms with E-state index in [0.29, 0.717) is 35.0 Å². The van der Waals surface area contributed by atoms with E-state index in [9.17, 15) is 18.0 Å². The van der Waals surface area contributed by atoms with Crippen molar-refractivity contribution in [3.8, 4) is 17.4 Å². The minimum absolute atomic E-state index is 0.204. The van der Waals surface area contributed by atoms with Gasteiger partial charge in [0, 0.05) is 24.5 Å². The molecule has 1 aliphatic rings. The first-order valence-corrected chi connectivity index (χ1v) is 9.68. The number of carbonyl (C=O) groups is 1. The average Bonchev–Trinajstić information content (AvgIpc) is 3.18. The molecule has 2 aromatic heterocycles. The van der Waals surface area contributed by atoms with Crippen LogP contribution in [0, 0.1) is 6.92 Å². The number of alkyl halides is 3. The molecule has 4 rings (SSSR count). The summed E-state index contributed by atoms with van der Waals surface area (Å²) in [5.74, 6) is 0.607.